The second kappa shape index (κ2) is 8.03. The average Bonchev–Trinajstić information content (AvgIpc) is 3.30. The van der Waals surface area contributed by atoms with Gasteiger partial charge in [-0.3, -0.25) is 9.59 Å². The molecule has 0 radical (unpaired) electrons. The van der Waals surface area contributed by atoms with E-state index in [2.05, 4.69) is 4.84 Å². The van der Waals surface area contributed by atoms with E-state index < -0.39 is 59.1 Å². The normalized spacial score (nSPS) is 14.8. The number of rotatable bonds is 3. The SMILES string of the molecule is O=C(c1ccc(C(=O)C(F)(F)F)s1)N1CCn2cc(C(F)(F)F)[n+](OC(=O)C(F)(F)F)c2C1. The number of amides is 1. The molecule has 0 aliphatic carbocycles. The smallest absolute Gasteiger partial charge is 0.322 e. The van der Waals surface area contributed by atoms with E-state index >= 15 is 0 Å². The summed E-state index contributed by atoms with van der Waals surface area (Å²) in [6, 6.07) is 1.64. The molecule has 1 aliphatic heterocycles. The summed E-state index contributed by atoms with van der Waals surface area (Å²) in [4.78, 5) is 38.6. The van der Waals surface area contributed by atoms with Gasteiger partial charge in [-0.05, 0) is 16.9 Å². The van der Waals surface area contributed by atoms with Crippen molar-refractivity contribution in [3.63, 3.8) is 0 Å². The average molecular weight is 510 g/mol. The van der Waals surface area contributed by atoms with Crippen LogP contribution in [0, 0.1) is 0 Å². The number of alkyl halides is 9. The molecule has 0 fully saturated rings. The number of hydrogen-bond donors (Lipinski definition) is 0. The van der Waals surface area contributed by atoms with Crippen molar-refractivity contribution >= 4 is 29.0 Å². The first-order chi connectivity index (χ1) is 15.0. The maximum Gasteiger partial charge on any atom is 0.495 e. The van der Waals surface area contributed by atoms with Crippen molar-refractivity contribution in [1.29, 1.82) is 0 Å². The molecule has 33 heavy (non-hydrogen) atoms. The lowest BCUT2D eigenvalue weighted by Gasteiger charge is -2.24. The molecule has 0 spiro atoms. The molecule has 3 heterocycles. The largest absolute Gasteiger partial charge is 0.495 e. The molecule has 0 aromatic carbocycles. The molecule has 0 bridgehead atoms. The van der Waals surface area contributed by atoms with Crippen molar-refractivity contribution in [1.82, 2.24) is 9.47 Å². The standard InChI is InChI=1S/C16H9F9N3O4S/c17-14(18,19)9-5-26-3-4-27(6-10(26)28(9)32-13(31)16(23,24)25)12(30)8-2-1-7(33-8)11(29)15(20,21)22/h1-2,5H,3-4,6H2/q+1. The van der Waals surface area contributed by atoms with Crippen molar-refractivity contribution < 1.29 is 63.5 Å². The van der Waals surface area contributed by atoms with Crippen LogP contribution in [0.2, 0.25) is 0 Å². The lowest BCUT2D eigenvalue weighted by atomic mass is 10.3. The fourth-order valence-electron chi connectivity index (χ4n) is 2.83. The maximum absolute atomic E-state index is 13.3. The lowest BCUT2D eigenvalue weighted by molar-refractivity contribution is -0.887. The van der Waals surface area contributed by atoms with Gasteiger partial charge in [-0.25, -0.2) is 14.2 Å². The number of nitrogens with zero attached hydrogens (tertiary/aromatic N) is 3. The van der Waals surface area contributed by atoms with E-state index in [1.54, 1.807) is 0 Å². The van der Waals surface area contributed by atoms with Gasteiger partial charge in [0, 0.05) is 0 Å². The van der Waals surface area contributed by atoms with Crippen LogP contribution in [0.1, 0.15) is 30.9 Å². The number of aromatic nitrogens is 2. The van der Waals surface area contributed by atoms with E-state index in [0.29, 0.717) is 6.20 Å². The molecular formula is C16H9F9N3O4S+. The summed E-state index contributed by atoms with van der Waals surface area (Å²) < 4.78 is 115. The third-order valence-corrected chi connectivity index (χ3v) is 5.36. The Labute approximate surface area is 180 Å². The van der Waals surface area contributed by atoms with Crippen molar-refractivity contribution in [3.8, 4) is 0 Å². The van der Waals surface area contributed by atoms with E-state index in [1.165, 1.54) is 0 Å². The predicted octanol–water partition coefficient (Wildman–Crippen LogP) is 2.77. The summed E-state index contributed by atoms with van der Waals surface area (Å²) >= 11 is 0.190. The number of halogens is 9. The van der Waals surface area contributed by atoms with Crippen molar-refractivity contribution in [2.45, 2.75) is 31.6 Å². The summed E-state index contributed by atoms with van der Waals surface area (Å²) in [5, 5.41) is 0. The Kier molecular flexibility index (Phi) is 5.97. The molecule has 180 valence electrons. The fourth-order valence-corrected chi connectivity index (χ4v) is 3.76. The Morgan fingerprint density at radius 2 is 1.52 bits per heavy atom. The lowest BCUT2D eigenvalue weighted by Crippen LogP contribution is -2.57. The first kappa shape index (κ1) is 24.5. The van der Waals surface area contributed by atoms with Gasteiger partial charge < -0.3 is 4.90 Å². The molecule has 0 saturated heterocycles. The Morgan fingerprint density at radius 1 is 0.909 bits per heavy atom. The molecule has 1 aliphatic rings. The van der Waals surface area contributed by atoms with Gasteiger partial charge in [-0.1, -0.05) is 0 Å². The number of fused-ring (bicyclic) bond motifs is 1. The van der Waals surface area contributed by atoms with E-state index in [1.807, 2.05) is 0 Å². The number of Topliss-reactive ketones (excluding diaryl/α,β-unsaturated/α-hetero) is 1. The second-order valence-electron chi connectivity index (χ2n) is 6.51. The minimum Gasteiger partial charge on any atom is -0.322 e. The van der Waals surface area contributed by atoms with Crippen molar-refractivity contribution in [3.05, 3.63) is 39.6 Å². The zero-order valence-corrected chi connectivity index (χ0v) is 16.5. The molecule has 7 nitrogen and oxygen atoms in total. The van der Waals surface area contributed by atoms with Crippen molar-refractivity contribution in [2.24, 2.45) is 0 Å². The zero-order valence-electron chi connectivity index (χ0n) is 15.6. The van der Waals surface area contributed by atoms with Gasteiger partial charge >= 0.3 is 30.3 Å². The number of hydrogen-bond acceptors (Lipinski definition) is 5. The number of carbonyl (C=O) groups excluding carboxylic acids is 3. The summed E-state index contributed by atoms with van der Waals surface area (Å²) in [5.41, 5.74) is -1.75. The first-order valence-corrected chi connectivity index (χ1v) is 9.33. The van der Waals surface area contributed by atoms with Crippen LogP contribution < -0.4 is 9.57 Å². The maximum atomic E-state index is 13.3. The fraction of sp³-hybridized carbons (Fsp3) is 0.375. The first-order valence-electron chi connectivity index (χ1n) is 8.51. The van der Waals surface area contributed by atoms with Gasteiger partial charge in [0.1, 0.15) is 19.3 Å². The molecule has 0 unspecified atom stereocenters. The molecule has 1 amide bonds. The van der Waals surface area contributed by atoms with Crippen LogP contribution in [0.4, 0.5) is 39.5 Å². The summed E-state index contributed by atoms with van der Waals surface area (Å²) in [6.07, 6.45) is -15.6. The molecule has 3 rings (SSSR count). The van der Waals surface area contributed by atoms with Crippen molar-refractivity contribution in [2.75, 3.05) is 6.54 Å². The molecule has 0 atom stereocenters. The number of thiophene rings is 1. The highest BCUT2D eigenvalue weighted by atomic mass is 32.1. The highest BCUT2D eigenvalue weighted by molar-refractivity contribution is 7.16. The Bertz CT molecular complexity index is 1110. The van der Waals surface area contributed by atoms with Crippen LogP contribution in [0.5, 0.6) is 0 Å². The van der Waals surface area contributed by atoms with E-state index in [0.717, 1.165) is 21.6 Å². The topological polar surface area (TPSA) is 72.5 Å². The second-order valence-corrected chi connectivity index (χ2v) is 7.59. The Hall–Kier alpha value is -3.11. The van der Waals surface area contributed by atoms with Gasteiger partial charge in [0.25, 0.3) is 17.4 Å². The third-order valence-electron chi connectivity index (χ3n) is 4.29. The minimum absolute atomic E-state index is 0.190. The molecule has 2 aromatic heterocycles. The number of carbonyl (C=O) groups is 3. The quantitative estimate of drug-likeness (QED) is 0.362. The third kappa shape index (κ3) is 4.96. The molecule has 0 N–H and O–H groups in total. The van der Waals surface area contributed by atoms with E-state index in [9.17, 15) is 53.9 Å². The molecule has 17 heteroatoms. The monoisotopic (exact) mass is 510 g/mol. The molecule has 2 aromatic rings. The van der Waals surface area contributed by atoms with Crippen LogP contribution in [-0.2, 0) is 24.1 Å². The molecule has 0 saturated carbocycles. The van der Waals surface area contributed by atoms with Crippen LogP contribution in [-0.4, -0.2) is 46.0 Å². The predicted molar refractivity (Wildman–Crippen MR) is 86.7 cm³/mol. The Morgan fingerprint density at radius 3 is 2.06 bits per heavy atom. The molecular weight excluding hydrogens is 501 g/mol. The summed E-state index contributed by atoms with van der Waals surface area (Å²) in [5.74, 6) is -6.78. The van der Waals surface area contributed by atoms with Crippen LogP contribution in [0.25, 0.3) is 0 Å². The Balaban J connectivity index is 1.91. The highest BCUT2D eigenvalue weighted by Gasteiger charge is 2.50. The van der Waals surface area contributed by atoms with E-state index in [-0.39, 0.29) is 34.0 Å². The van der Waals surface area contributed by atoms with Gasteiger partial charge in [0.05, 0.1) is 16.3 Å². The number of imidazole rings is 1. The number of ketones is 1. The van der Waals surface area contributed by atoms with E-state index in [4.69, 9.17) is 0 Å². The van der Waals surface area contributed by atoms with Gasteiger partial charge in [-0.15, -0.1) is 11.3 Å². The zero-order chi connectivity index (χ0) is 24.9. The highest BCUT2D eigenvalue weighted by Crippen LogP contribution is 2.30. The van der Waals surface area contributed by atoms with Gasteiger partial charge in [0.2, 0.25) is 0 Å². The van der Waals surface area contributed by atoms with Crippen LogP contribution in [0.15, 0.2) is 18.3 Å². The summed E-state index contributed by atoms with van der Waals surface area (Å²) in [7, 11) is 0. The van der Waals surface area contributed by atoms with Crippen LogP contribution >= 0.6 is 11.3 Å². The summed E-state index contributed by atoms with van der Waals surface area (Å²) in [6.45, 7) is -1.41. The van der Waals surface area contributed by atoms with Crippen LogP contribution in [0.3, 0.4) is 0 Å². The minimum atomic E-state index is -5.62. The van der Waals surface area contributed by atoms with Gasteiger partial charge in [-0.2, -0.15) is 39.5 Å². The van der Waals surface area contributed by atoms with Gasteiger partial charge in [0.15, 0.2) is 0 Å².